The quantitative estimate of drug-likeness (QED) is 0.254. The second-order valence-electron chi connectivity index (χ2n) is 7.18. The summed E-state index contributed by atoms with van der Waals surface area (Å²) in [5, 5.41) is 13.1. The van der Waals surface area contributed by atoms with E-state index in [0.717, 1.165) is 16.9 Å². The molecule has 0 radical (unpaired) electrons. The first-order valence-corrected chi connectivity index (χ1v) is 11.6. The first-order valence-electron chi connectivity index (χ1n) is 9.89. The lowest BCUT2D eigenvalue weighted by molar-refractivity contribution is -0.132. The number of Topliss-reactive ketones (excluding diaryl/α,β-unsaturated/α-hetero) is 1. The molecule has 7 nitrogen and oxygen atoms in total. The number of aryl methyl sites for hydroxylation is 2. The van der Waals surface area contributed by atoms with Gasteiger partial charge in [-0.1, -0.05) is 47.2 Å². The predicted molar refractivity (Wildman–Crippen MR) is 123 cm³/mol. The number of carbonyl (C=O) groups excluding carboxylic acids is 3. The summed E-state index contributed by atoms with van der Waals surface area (Å²) in [5.41, 5.74) is 1.85. The Hall–Kier alpha value is -3.30. The van der Waals surface area contributed by atoms with Crippen molar-refractivity contribution in [1.82, 2.24) is 4.98 Å². The summed E-state index contributed by atoms with van der Waals surface area (Å²) in [6, 6.07) is 9.80. The van der Waals surface area contributed by atoms with Gasteiger partial charge in [0.2, 0.25) is 0 Å². The van der Waals surface area contributed by atoms with Gasteiger partial charge in [-0.15, -0.1) is 11.3 Å². The lowest BCUT2D eigenvalue weighted by Crippen LogP contribution is -2.29. The topological polar surface area (TPSA) is 96.8 Å². The van der Waals surface area contributed by atoms with Crippen LogP contribution in [-0.2, 0) is 14.3 Å². The molecule has 1 aliphatic heterocycles. The van der Waals surface area contributed by atoms with Crippen LogP contribution in [0.5, 0.6) is 0 Å². The maximum atomic E-state index is 13.1. The van der Waals surface area contributed by atoms with E-state index in [-0.39, 0.29) is 27.9 Å². The Morgan fingerprint density at radius 1 is 1.19 bits per heavy atom. The zero-order valence-electron chi connectivity index (χ0n) is 17.6. The van der Waals surface area contributed by atoms with E-state index < -0.39 is 23.7 Å². The number of esters is 1. The monoisotopic (exact) mass is 468 g/mol. The summed E-state index contributed by atoms with van der Waals surface area (Å²) in [6.45, 7) is 5.48. The molecule has 2 aromatic heterocycles. The third-order valence-electron chi connectivity index (χ3n) is 5.03. The molecule has 1 atom stereocenters. The fourth-order valence-corrected chi connectivity index (χ4v) is 5.30. The predicted octanol–water partition coefficient (Wildman–Crippen LogP) is 4.62. The number of thiazole rings is 1. The van der Waals surface area contributed by atoms with Crippen LogP contribution in [0, 0.1) is 13.8 Å². The number of nitrogens with zero attached hydrogens (tertiary/aromatic N) is 2. The van der Waals surface area contributed by atoms with Crippen LogP contribution in [0.25, 0.3) is 5.76 Å². The first-order chi connectivity index (χ1) is 15.3. The second kappa shape index (κ2) is 8.68. The van der Waals surface area contributed by atoms with E-state index in [9.17, 15) is 19.5 Å². The molecule has 0 bridgehead atoms. The van der Waals surface area contributed by atoms with Gasteiger partial charge in [0, 0.05) is 10.4 Å². The van der Waals surface area contributed by atoms with Gasteiger partial charge in [-0.25, -0.2) is 9.78 Å². The number of ketones is 1. The number of hydrogen-bond acceptors (Lipinski definition) is 8. The summed E-state index contributed by atoms with van der Waals surface area (Å²) in [5.74, 6) is -2.38. The number of thiophene rings is 1. The number of carbonyl (C=O) groups is 3. The molecule has 0 unspecified atom stereocenters. The summed E-state index contributed by atoms with van der Waals surface area (Å²) in [4.78, 5) is 45.1. The Morgan fingerprint density at radius 2 is 1.91 bits per heavy atom. The minimum atomic E-state index is -0.850. The normalized spacial score (nSPS) is 17.7. The van der Waals surface area contributed by atoms with Gasteiger partial charge in [-0.3, -0.25) is 14.5 Å². The van der Waals surface area contributed by atoms with Gasteiger partial charge in [0.25, 0.3) is 5.78 Å². The highest BCUT2D eigenvalue weighted by molar-refractivity contribution is 7.18. The third-order valence-corrected chi connectivity index (χ3v) is 7.10. The largest absolute Gasteiger partial charge is 0.507 e. The number of aliphatic hydroxyl groups is 1. The van der Waals surface area contributed by atoms with Gasteiger partial charge in [0.15, 0.2) is 5.13 Å². The number of rotatable bonds is 5. The molecule has 32 heavy (non-hydrogen) atoms. The van der Waals surface area contributed by atoms with Crippen molar-refractivity contribution in [2.75, 3.05) is 11.5 Å². The van der Waals surface area contributed by atoms with Crippen LogP contribution in [0.15, 0.2) is 47.4 Å². The van der Waals surface area contributed by atoms with E-state index in [1.54, 1.807) is 32.0 Å². The van der Waals surface area contributed by atoms with Crippen molar-refractivity contribution in [1.29, 1.82) is 0 Å². The highest BCUT2D eigenvalue weighted by atomic mass is 32.1. The van der Waals surface area contributed by atoms with E-state index in [1.165, 1.54) is 16.2 Å². The third kappa shape index (κ3) is 3.74. The van der Waals surface area contributed by atoms with Crippen LogP contribution in [0.4, 0.5) is 5.13 Å². The van der Waals surface area contributed by atoms with Gasteiger partial charge < -0.3 is 9.84 Å². The van der Waals surface area contributed by atoms with Crippen LogP contribution in [-0.4, -0.2) is 34.4 Å². The fourth-order valence-electron chi connectivity index (χ4n) is 3.48. The van der Waals surface area contributed by atoms with E-state index in [1.807, 2.05) is 30.5 Å². The zero-order chi connectivity index (χ0) is 23.0. The standard InChI is InChI=1S/C23H20N2O5S2/c1-4-30-22(29)20-13(3)24-23(32-20)25-17(15-6-5-11-31-15)16(19(27)21(25)28)18(26)14-9-7-12(2)8-10-14/h5-11,17,26H,4H2,1-3H3/b18-16+/t17-/m1/s1. The van der Waals surface area contributed by atoms with Crippen molar-refractivity contribution >= 4 is 51.2 Å². The van der Waals surface area contributed by atoms with Crippen LogP contribution in [0.3, 0.4) is 0 Å². The van der Waals surface area contributed by atoms with Crippen molar-refractivity contribution in [3.05, 3.63) is 73.9 Å². The molecule has 1 amide bonds. The second-order valence-corrected chi connectivity index (χ2v) is 9.14. The number of hydrogen-bond donors (Lipinski definition) is 1. The van der Waals surface area contributed by atoms with Gasteiger partial charge in [-0.05, 0) is 32.2 Å². The van der Waals surface area contributed by atoms with E-state index in [0.29, 0.717) is 16.1 Å². The fraction of sp³-hybridized carbons (Fsp3) is 0.217. The number of aliphatic hydroxyl groups excluding tert-OH is 1. The van der Waals surface area contributed by atoms with E-state index in [2.05, 4.69) is 4.98 Å². The van der Waals surface area contributed by atoms with Gasteiger partial charge >= 0.3 is 11.9 Å². The molecule has 1 aliphatic rings. The van der Waals surface area contributed by atoms with E-state index in [4.69, 9.17) is 4.74 Å². The van der Waals surface area contributed by atoms with Gasteiger partial charge in [-0.2, -0.15) is 0 Å². The Balaban J connectivity index is 1.87. The summed E-state index contributed by atoms with van der Waals surface area (Å²) >= 11 is 2.35. The number of amides is 1. The Morgan fingerprint density at radius 3 is 2.53 bits per heavy atom. The SMILES string of the molecule is CCOC(=O)c1sc(N2C(=O)C(=O)/C(=C(/O)c3ccc(C)cc3)[C@H]2c2cccs2)nc1C. The molecule has 1 aromatic carbocycles. The number of benzene rings is 1. The summed E-state index contributed by atoms with van der Waals surface area (Å²) in [6.07, 6.45) is 0. The van der Waals surface area contributed by atoms with Crippen molar-refractivity contribution in [3.8, 4) is 0 Å². The van der Waals surface area contributed by atoms with Crippen LogP contribution in [0.1, 0.15) is 44.3 Å². The minimum absolute atomic E-state index is 0.00755. The maximum absolute atomic E-state index is 13.1. The molecule has 0 saturated carbocycles. The van der Waals surface area contributed by atoms with Crippen LogP contribution < -0.4 is 4.90 Å². The Labute approximate surface area is 192 Å². The smallest absolute Gasteiger partial charge is 0.350 e. The summed E-state index contributed by atoms with van der Waals surface area (Å²) in [7, 11) is 0. The van der Waals surface area contributed by atoms with Crippen LogP contribution >= 0.6 is 22.7 Å². The highest BCUT2D eigenvalue weighted by Crippen LogP contribution is 2.45. The highest BCUT2D eigenvalue weighted by Gasteiger charge is 2.48. The average Bonchev–Trinajstić information content (AvgIpc) is 3.48. The zero-order valence-corrected chi connectivity index (χ0v) is 19.3. The molecule has 1 fully saturated rings. The van der Waals surface area contributed by atoms with Gasteiger partial charge in [0.1, 0.15) is 16.7 Å². The molecule has 1 N–H and O–H groups in total. The lowest BCUT2D eigenvalue weighted by Gasteiger charge is -2.21. The molecule has 4 rings (SSSR count). The van der Waals surface area contributed by atoms with Crippen molar-refractivity contribution in [2.24, 2.45) is 0 Å². The van der Waals surface area contributed by atoms with Crippen molar-refractivity contribution in [2.45, 2.75) is 26.8 Å². The first kappa shape index (κ1) is 21.9. The molecule has 3 heterocycles. The van der Waals surface area contributed by atoms with Crippen molar-refractivity contribution in [3.63, 3.8) is 0 Å². The molecule has 9 heteroatoms. The molecule has 0 aliphatic carbocycles. The minimum Gasteiger partial charge on any atom is -0.507 e. The molecule has 164 valence electrons. The number of ether oxygens (including phenoxy) is 1. The maximum Gasteiger partial charge on any atom is 0.350 e. The molecular weight excluding hydrogens is 448 g/mol. The number of anilines is 1. The Kier molecular flexibility index (Phi) is 5.94. The molecule has 1 saturated heterocycles. The average molecular weight is 469 g/mol. The van der Waals surface area contributed by atoms with Crippen molar-refractivity contribution < 1.29 is 24.2 Å². The molecule has 3 aromatic rings. The molecular formula is C23H20N2O5S2. The number of aromatic nitrogens is 1. The summed E-state index contributed by atoms with van der Waals surface area (Å²) < 4.78 is 5.07. The van der Waals surface area contributed by atoms with E-state index >= 15 is 0 Å². The van der Waals surface area contributed by atoms with Crippen LogP contribution in [0.2, 0.25) is 0 Å². The lowest BCUT2D eigenvalue weighted by atomic mass is 9.99. The van der Waals surface area contributed by atoms with Gasteiger partial charge in [0.05, 0.1) is 17.9 Å². The molecule has 0 spiro atoms. The Bertz CT molecular complexity index is 1230.